The molecule has 0 unspecified atom stereocenters. The number of nitrogens with zero attached hydrogens (tertiary/aromatic N) is 4. The molecule has 0 atom stereocenters. The maximum Gasteiger partial charge on any atom is 0.278 e. The number of hydrogen-bond donors (Lipinski definition) is 2. The topological polar surface area (TPSA) is 76.8 Å². The van der Waals surface area contributed by atoms with Gasteiger partial charge in [-0.3, -0.25) is 4.79 Å². The third-order valence-corrected chi connectivity index (χ3v) is 7.11. The highest BCUT2D eigenvalue weighted by Crippen LogP contribution is 2.31. The van der Waals surface area contributed by atoms with Crippen LogP contribution in [0.15, 0.2) is 47.4 Å². The van der Waals surface area contributed by atoms with E-state index < -0.39 is 5.41 Å². The molecule has 0 saturated heterocycles. The normalized spacial score (nSPS) is 15.3. The Bertz CT molecular complexity index is 1560. The first-order valence-corrected chi connectivity index (χ1v) is 12.8. The Morgan fingerprint density at radius 3 is 2.59 bits per heavy atom. The van der Waals surface area contributed by atoms with Crippen LogP contribution < -0.4 is 16.2 Å². The van der Waals surface area contributed by atoms with Crippen LogP contribution in [0.2, 0.25) is 0 Å². The van der Waals surface area contributed by atoms with Gasteiger partial charge in [0.1, 0.15) is 11.2 Å². The fourth-order valence-electron chi connectivity index (χ4n) is 5.22. The molecule has 2 aromatic heterocycles. The van der Waals surface area contributed by atoms with Crippen molar-refractivity contribution in [3.8, 4) is 5.69 Å². The Morgan fingerprint density at radius 2 is 1.89 bits per heavy atom. The van der Waals surface area contributed by atoms with E-state index in [1.807, 2.05) is 46.8 Å². The Hall–Kier alpha value is -3.52. The van der Waals surface area contributed by atoms with Crippen molar-refractivity contribution in [1.82, 2.24) is 24.6 Å². The standard InChI is InChI=1S/C29H35FN6O/c1-17(2)35-26(37)21-16-31-27(33-19-8-10-22-18(14-19)12-13-32-29(22,6)7)34-25(21)36(35)20-9-11-24(30)23(15-20)28(3,4)5/h8-11,14-17,32H,12-13H2,1-7H3,(H,31,33,34). The molecular weight excluding hydrogens is 467 g/mol. The molecule has 0 bridgehead atoms. The molecule has 2 N–H and O–H groups in total. The Morgan fingerprint density at radius 1 is 1.14 bits per heavy atom. The quantitative estimate of drug-likeness (QED) is 0.373. The van der Waals surface area contributed by atoms with E-state index in [0.29, 0.717) is 28.2 Å². The summed E-state index contributed by atoms with van der Waals surface area (Å²) in [5, 5.41) is 7.30. The number of anilines is 2. The van der Waals surface area contributed by atoms with Crippen molar-refractivity contribution >= 4 is 22.7 Å². The first-order chi connectivity index (χ1) is 17.4. The first kappa shape index (κ1) is 25.1. The molecule has 2 aromatic carbocycles. The van der Waals surface area contributed by atoms with E-state index in [0.717, 1.165) is 18.7 Å². The second-order valence-corrected chi connectivity index (χ2v) is 11.7. The molecule has 8 heteroatoms. The second kappa shape index (κ2) is 8.80. The lowest BCUT2D eigenvalue weighted by molar-refractivity contribution is 0.382. The molecule has 0 saturated carbocycles. The largest absolute Gasteiger partial charge is 0.324 e. The van der Waals surface area contributed by atoms with Gasteiger partial charge in [-0.15, -0.1) is 0 Å². The SMILES string of the molecule is CC(C)n1c(=O)c2cnc(Nc3ccc4c(c3)CCNC4(C)C)nc2n1-c1ccc(F)c(C(C)(C)C)c1. The minimum absolute atomic E-state index is 0.0710. The monoisotopic (exact) mass is 502 g/mol. The highest BCUT2D eigenvalue weighted by molar-refractivity contribution is 5.77. The fourth-order valence-corrected chi connectivity index (χ4v) is 5.22. The summed E-state index contributed by atoms with van der Waals surface area (Å²) in [7, 11) is 0. The lowest BCUT2D eigenvalue weighted by Gasteiger charge is -2.34. The predicted octanol–water partition coefficient (Wildman–Crippen LogP) is 5.72. The van der Waals surface area contributed by atoms with Crippen LogP contribution in [0, 0.1) is 5.82 Å². The fraction of sp³-hybridized carbons (Fsp3) is 0.414. The Balaban J connectivity index is 1.63. The van der Waals surface area contributed by atoms with Crippen molar-refractivity contribution in [2.75, 3.05) is 11.9 Å². The minimum atomic E-state index is -0.399. The van der Waals surface area contributed by atoms with Crippen molar-refractivity contribution in [2.24, 2.45) is 0 Å². The molecule has 4 aromatic rings. The summed E-state index contributed by atoms with van der Waals surface area (Å²) in [4.78, 5) is 22.6. The average Bonchev–Trinajstić information content (AvgIpc) is 3.10. The van der Waals surface area contributed by atoms with Gasteiger partial charge in [0.05, 0.1) is 5.69 Å². The second-order valence-electron chi connectivity index (χ2n) is 11.7. The van der Waals surface area contributed by atoms with Gasteiger partial charge in [0, 0.05) is 23.5 Å². The third kappa shape index (κ3) is 4.44. The van der Waals surface area contributed by atoms with Crippen LogP contribution in [0.25, 0.3) is 16.7 Å². The van der Waals surface area contributed by atoms with E-state index in [4.69, 9.17) is 4.98 Å². The van der Waals surface area contributed by atoms with Gasteiger partial charge in [-0.25, -0.2) is 18.7 Å². The number of benzene rings is 2. The zero-order valence-corrected chi connectivity index (χ0v) is 22.6. The van der Waals surface area contributed by atoms with Gasteiger partial charge in [-0.05, 0) is 93.1 Å². The lowest BCUT2D eigenvalue weighted by atomic mass is 9.85. The van der Waals surface area contributed by atoms with Crippen LogP contribution in [0.3, 0.4) is 0 Å². The van der Waals surface area contributed by atoms with Crippen molar-refractivity contribution in [1.29, 1.82) is 0 Å². The summed E-state index contributed by atoms with van der Waals surface area (Å²) < 4.78 is 18.1. The molecule has 7 nitrogen and oxygen atoms in total. The van der Waals surface area contributed by atoms with Gasteiger partial charge in [0.15, 0.2) is 5.65 Å². The van der Waals surface area contributed by atoms with E-state index in [2.05, 4.69) is 41.6 Å². The molecule has 1 aliphatic rings. The molecular formula is C29H35FN6O. The molecule has 37 heavy (non-hydrogen) atoms. The van der Waals surface area contributed by atoms with Crippen molar-refractivity contribution in [3.63, 3.8) is 0 Å². The maximum atomic E-state index is 14.7. The van der Waals surface area contributed by atoms with Crippen LogP contribution in [0.5, 0.6) is 0 Å². The van der Waals surface area contributed by atoms with Gasteiger partial charge in [0.2, 0.25) is 5.95 Å². The predicted molar refractivity (Wildman–Crippen MR) is 147 cm³/mol. The molecule has 3 heterocycles. The highest BCUT2D eigenvalue weighted by atomic mass is 19.1. The van der Waals surface area contributed by atoms with Crippen molar-refractivity contribution < 1.29 is 4.39 Å². The lowest BCUT2D eigenvalue weighted by Crippen LogP contribution is -2.42. The highest BCUT2D eigenvalue weighted by Gasteiger charge is 2.27. The number of nitrogens with one attached hydrogen (secondary N) is 2. The summed E-state index contributed by atoms with van der Waals surface area (Å²) in [5.74, 6) is 0.127. The van der Waals surface area contributed by atoms with Crippen molar-refractivity contribution in [2.45, 2.75) is 71.9 Å². The van der Waals surface area contributed by atoms with Crippen LogP contribution in [0.4, 0.5) is 16.0 Å². The summed E-state index contributed by atoms with van der Waals surface area (Å²) in [6, 6.07) is 11.1. The summed E-state index contributed by atoms with van der Waals surface area (Å²) in [6.07, 6.45) is 2.52. The van der Waals surface area contributed by atoms with Gasteiger partial charge < -0.3 is 10.6 Å². The molecule has 0 aliphatic carbocycles. The summed E-state index contributed by atoms with van der Waals surface area (Å²) >= 11 is 0. The van der Waals surface area contributed by atoms with Crippen LogP contribution in [0.1, 0.15) is 71.2 Å². The molecule has 5 rings (SSSR count). The van der Waals surface area contributed by atoms with E-state index in [-0.39, 0.29) is 23.0 Å². The summed E-state index contributed by atoms with van der Waals surface area (Å²) in [5.41, 5.74) is 4.56. The number of hydrogen-bond acceptors (Lipinski definition) is 5. The molecule has 0 amide bonds. The number of fused-ring (bicyclic) bond motifs is 2. The van der Waals surface area contributed by atoms with Crippen LogP contribution in [-0.4, -0.2) is 25.9 Å². The number of rotatable bonds is 4. The van der Waals surface area contributed by atoms with Gasteiger partial charge in [-0.2, -0.15) is 4.98 Å². The van der Waals surface area contributed by atoms with Crippen LogP contribution >= 0.6 is 0 Å². The van der Waals surface area contributed by atoms with Gasteiger partial charge >= 0.3 is 0 Å². The van der Waals surface area contributed by atoms with Crippen LogP contribution in [-0.2, 0) is 17.4 Å². The number of halogens is 1. The average molecular weight is 503 g/mol. The van der Waals surface area contributed by atoms with E-state index >= 15 is 0 Å². The zero-order valence-electron chi connectivity index (χ0n) is 22.6. The van der Waals surface area contributed by atoms with E-state index in [9.17, 15) is 9.18 Å². The molecule has 1 aliphatic heterocycles. The molecule has 194 valence electrons. The maximum absolute atomic E-state index is 14.7. The molecule has 0 spiro atoms. The Kier molecular flexibility index (Phi) is 5.98. The van der Waals surface area contributed by atoms with Gasteiger partial charge in [0.25, 0.3) is 5.56 Å². The van der Waals surface area contributed by atoms with Crippen molar-refractivity contribution in [3.05, 3.63) is 75.5 Å². The van der Waals surface area contributed by atoms with Gasteiger partial charge in [-0.1, -0.05) is 26.8 Å². The van der Waals surface area contributed by atoms with E-state index in [1.165, 1.54) is 17.2 Å². The number of aromatic nitrogens is 4. The third-order valence-electron chi connectivity index (χ3n) is 7.11. The Labute approximate surface area is 216 Å². The molecule has 0 radical (unpaired) electrons. The molecule has 0 fully saturated rings. The minimum Gasteiger partial charge on any atom is -0.324 e. The van der Waals surface area contributed by atoms with E-state index in [1.54, 1.807) is 21.6 Å². The summed E-state index contributed by atoms with van der Waals surface area (Å²) in [6.45, 7) is 15.1. The first-order valence-electron chi connectivity index (χ1n) is 12.8. The smallest absolute Gasteiger partial charge is 0.278 e. The zero-order chi connectivity index (χ0) is 26.7.